The fourth-order valence-corrected chi connectivity index (χ4v) is 4.16. The van der Waals surface area contributed by atoms with E-state index in [4.69, 9.17) is 4.74 Å². The summed E-state index contributed by atoms with van der Waals surface area (Å²) in [7, 11) is 0. The summed E-state index contributed by atoms with van der Waals surface area (Å²) >= 11 is 1.49. The van der Waals surface area contributed by atoms with Crippen LogP contribution < -0.4 is 15.5 Å². The molecule has 1 atom stereocenters. The van der Waals surface area contributed by atoms with Crippen LogP contribution in [0.25, 0.3) is 0 Å². The third-order valence-electron chi connectivity index (χ3n) is 5.10. The number of carbonyl (C=O) groups is 2. The van der Waals surface area contributed by atoms with Crippen LogP contribution in [-0.2, 0) is 10.5 Å². The van der Waals surface area contributed by atoms with Crippen molar-refractivity contribution < 1.29 is 19.2 Å². The molecule has 2 N–H and O–H groups in total. The van der Waals surface area contributed by atoms with E-state index in [0.29, 0.717) is 18.1 Å². The van der Waals surface area contributed by atoms with Gasteiger partial charge in [0.05, 0.1) is 17.7 Å². The van der Waals surface area contributed by atoms with Gasteiger partial charge in [-0.2, -0.15) is 16.9 Å². The number of ether oxygens (including phenoxy) is 1. The van der Waals surface area contributed by atoms with Gasteiger partial charge in [0.25, 0.3) is 17.5 Å². The van der Waals surface area contributed by atoms with Gasteiger partial charge in [-0.05, 0) is 53.9 Å². The Hall–Kier alpha value is -4.18. The molecule has 0 radical (unpaired) electrons. The maximum absolute atomic E-state index is 12.9. The molecule has 0 aliphatic carbocycles. The lowest BCUT2D eigenvalue weighted by molar-refractivity contribution is -0.384. The van der Waals surface area contributed by atoms with Gasteiger partial charge in [0.2, 0.25) is 0 Å². The molecule has 3 aromatic carbocycles. The van der Waals surface area contributed by atoms with E-state index in [9.17, 15) is 19.7 Å². The highest BCUT2D eigenvalue weighted by molar-refractivity contribution is 7.98. The number of amides is 2. The van der Waals surface area contributed by atoms with Crippen LogP contribution in [0.2, 0.25) is 0 Å². The molecule has 10 heteroatoms. The summed E-state index contributed by atoms with van der Waals surface area (Å²) in [5, 5.41) is 17.6. The van der Waals surface area contributed by atoms with Crippen molar-refractivity contribution in [2.45, 2.75) is 25.1 Å². The summed E-state index contributed by atoms with van der Waals surface area (Å²) in [4.78, 5) is 36.0. The standard InChI is InChI=1S/C27H28N4O5S/c1-2-16-36-24-14-8-20(9-15-24)17-28-30-27(33)25(19-37-18-21-6-4-3-5-7-21)29-26(32)22-10-12-23(13-11-22)31(34)35/h3-15,17,25H,2,16,18-19H2,1H3,(H,29,32)(H,30,33). The number of hydrogen-bond donors (Lipinski definition) is 2. The average Bonchev–Trinajstić information content (AvgIpc) is 2.92. The number of non-ortho nitro benzene ring substituents is 1. The molecule has 0 aliphatic heterocycles. The Morgan fingerprint density at radius 2 is 1.76 bits per heavy atom. The van der Waals surface area contributed by atoms with Crippen LogP contribution in [0.15, 0.2) is 84.0 Å². The number of nitro benzene ring substituents is 1. The molecule has 3 rings (SSSR count). The normalized spacial score (nSPS) is 11.6. The third-order valence-corrected chi connectivity index (χ3v) is 6.21. The van der Waals surface area contributed by atoms with Gasteiger partial charge in [-0.15, -0.1) is 0 Å². The molecule has 0 saturated carbocycles. The predicted octanol–water partition coefficient (Wildman–Crippen LogP) is 4.57. The minimum atomic E-state index is -0.877. The van der Waals surface area contributed by atoms with E-state index in [1.807, 2.05) is 61.5 Å². The summed E-state index contributed by atoms with van der Waals surface area (Å²) < 4.78 is 5.56. The van der Waals surface area contributed by atoms with Crippen LogP contribution in [0, 0.1) is 10.1 Å². The Morgan fingerprint density at radius 3 is 2.41 bits per heavy atom. The van der Waals surface area contributed by atoms with Crippen molar-refractivity contribution in [3.63, 3.8) is 0 Å². The van der Waals surface area contributed by atoms with Gasteiger partial charge >= 0.3 is 0 Å². The summed E-state index contributed by atoms with van der Waals surface area (Å²) in [5.74, 6) is 0.732. The van der Waals surface area contributed by atoms with Crippen LogP contribution in [-0.4, -0.2) is 41.4 Å². The molecule has 0 heterocycles. The van der Waals surface area contributed by atoms with E-state index in [2.05, 4.69) is 15.8 Å². The van der Waals surface area contributed by atoms with Crippen LogP contribution in [0.4, 0.5) is 5.69 Å². The molecule has 3 aromatic rings. The van der Waals surface area contributed by atoms with Crippen molar-refractivity contribution >= 4 is 35.5 Å². The Morgan fingerprint density at radius 1 is 1.05 bits per heavy atom. The molecule has 37 heavy (non-hydrogen) atoms. The largest absolute Gasteiger partial charge is 0.494 e. The first-order valence-corrected chi connectivity index (χ1v) is 12.8. The molecule has 0 fully saturated rings. The first kappa shape index (κ1) is 27.4. The molecule has 0 aromatic heterocycles. The van der Waals surface area contributed by atoms with Crippen LogP contribution in [0.1, 0.15) is 34.8 Å². The predicted molar refractivity (Wildman–Crippen MR) is 145 cm³/mol. The van der Waals surface area contributed by atoms with Crippen molar-refractivity contribution in [1.82, 2.24) is 10.7 Å². The van der Waals surface area contributed by atoms with Gasteiger partial charge in [0.1, 0.15) is 11.8 Å². The van der Waals surface area contributed by atoms with E-state index in [-0.39, 0.29) is 11.3 Å². The number of thioether (sulfide) groups is 1. The molecule has 2 amide bonds. The highest BCUT2D eigenvalue weighted by Gasteiger charge is 2.22. The monoisotopic (exact) mass is 520 g/mol. The smallest absolute Gasteiger partial charge is 0.269 e. The van der Waals surface area contributed by atoms with Crippen LogP contribution in [0.5, 0.6) is 5.75 Å². The zero-order valence-electron chi connectivity index (χ0n) is 20.3. The van der Waals surface area contributed by atoms with E-state index in [1.54, 1.807) is 0 Å². The molecule has 192 valence electrons. The molecule has 0 spiro atoms. The molecule has 9 nitrogen and oxygen atoms in total. The number of hydrogen-bond acceptors (Lipinski definition) is 7. The number of hydrazone groups is 1. The van der Waals surface area contributed by atoms with E-state index >= 15 is 0 Å². The molecular formula is C27H28N4O5S. The van der Waals surface area contributed by atoms with Gasteiger partial charge < -0.3 is 10.1 Å². The highest BCUT2D eigenvalue weighted by atomic mass is 32.2. The third kappa shape index (κ3) is 9.08. The van der Waals surface area contributed by atoms with Crippen molar-refractivity contribution in [1.29, 1.82) is 0 Å². The van der Waals surface area contributed by atoms with E-state index < -0.39 is 22.8 Å². The lowest BCUT2D eigenvalue weighted by atomic mass is 10.2. The highest BCUT2D eigenvalue weighted by Crippen LogP contribution is 2.15. The van der Waals surface area contributed by atoms with Gasteiger partial charge in [0, 0.05) is 29.2 Å². The summed E-state index contributed by atoms with van der Waals surface area (Å²) in [6.07, 6.45) is 2.43. The van der Waals surface area contributed by atoms with Gasteiger partial charge in [-0.3, -0.25) is 19.7 Å². The van der Waals surface area contributed by atoms with E-state index in [1.165, 1.54) is 42.2 Å². The number of rotatable bonds is 13. The first-order chi connectivity index (χ1) is 18.0. The van der Waals surface area contributed by atoms with Gasteiger partial charge in [-0.1, -0.05) is 37.3 Å². The molecule has 1 unspecified atom stereocenters. The van der Waals surface area contributed by atoms with Gasteiger partial charge in [0.15, 0.2) is 0 Å². The van der Waals surface area contributed by atoms with Crippen LogP contribution >= 0.6 is 11.8 Å². The SMILES string of the molecule is CCCOc1ccc(C=NNC(=O)C(CSCc2ccccc2)NC(=O)c2ccc([N+](=O)[O-])cc2)cc1. The topological polar surface area (TPSA) is 123 Å². The fourth-order valence-electron chi connectivity index (χ4n) is 3.15. The second-order valence-corrected chi connectivity index (χ2v) is 9.01. The number of nitrogens with one attached hydrogen (secondary N) is 2. The lowest BCUT2D eigenvalue weighted by Crippen LogP contribution is -2.47. The number of nitro groups is 1. The minimum Gasteiger partial charge on any atom is -0.494 e. The maximum Gasteiger partial charge on any atom is 0.269 e. The molecular weight excluding hydrogens is 492 g/mol. The maximum atomic E-state index is 12.9. The molecule has 0 saturated heterocycles. The fraction of sp³-hybridized carbons (Fsp3) is 0.222. The Bertz CT molecular complexity index is 1200. The number of benzene rings is 3. The number of nitrogens with zero attached hydrogens (tertiary/aromatic N) is 2. The summed E-state index contributed by atoms with van der Waals surface area (Å²) in [5.41, 5.74) is 4.45. The first-order valence-electron chi connectivity index (χ1n) is 11.7. The zero-order valence-corrected chi connectivity index (χ0v) is 21.1. The average molecular weight is 521 g/mol. The van der Waals surface area contributed by atoms with Gasteiger partial charge in [-0.25, -0.2) is 5.43 Å². The molecule has 0 aliphatic rings. The van der Waals surface area contributed by atoms with Crippen molar-refractivity contribution in [2.24, 2.45) is 5.10 Å². The summed E-state index contributed by atoms with van der Waals surface area (Å²) in [6, 6.07) is 21.4. The van der Waals surface area contributed by atoms with E-state index in [0.717, 1.165) is 23.3 Å². The Labute approximate surface area is 219 Å². The van der Waals surface area contributed by atoms with Crippen molar-refractivity contribution in [3.8, 4) is 5.75 Å². The van der Waals surface area contributed by atoms with Crippen molar-refractivity contribution in [2.75, 3.05) is 12.4 Å². The Kier molecular flexibility index (Phi) is 10.7. The number of carbonyl (C=O) groups excluding carboxylic acids is 2. The van der Waals surface area contributed by atoms with Crippen molar-refractivity contribution in [3.05, 3.63) is 106 Å². The molecule has 0 bridgehead atoms. The second kappa shape index (κ2) is 14.4. The minimum absolute atomic E-state index is 0.122. The Balaban J connectivity index is 1.63. The summed E-state index contributed by atoms with van der Waals surface area (Å²) in [6.45, 7) is 2.67. The quantitative estimate of drug-likeness (QED) is 0.193. The lowest BCUT2D eigenvalue weighted by Gasteiger charge is -2.17. The zero-order chi connectivity index (χ0) is 26.5. The van der Waals surface area contributed by atoms with Crippen LogP contribution in [0.3, 0.4) is 0 Å². The second-order valence-electron chi connectivity index (χ2n) is 7.98.